The molecule has 1 aromatic rings. The molecule has 1 aromatic heterocycles. The van der Waals surface area contributed by atoms with E-state index in [-0.39, 0.29) is 5.54 Å². The first-order chi connectivity index (χ1) is 8.33. The summed E-state index contributed by atoms with van der Waals surface area (Å²) in [6.45, 7) is 14.1. The van der Waals surface area contributed by atoms with Gasteiger partial charge in [-0.05, 0) is 53.2 Å². The normalized spacial score (nSPS) is 11.7. The predicted molar refractivity (Wildman–Crippen MR) is 80.4 cm³/mol. The highest BCUT2D eigenvalue weighted by molar-refractivity contribution is 5.48. The lowest BCUT2D eigenvalue weighted by Crippen LogP contribution is -2.33. The van der Waals surface area contributed by atoms with E-state index in [2.05, 4.69) is 63.9 Å². The molecule has 0 aliphatic heterocycles. The first-order valence-electron chi connectivity index (χ1n) is 6.85. The molecule has 18 heavy (non-hydrogen) atoms. The van der Waals surface area contributed by atoms with Gasteiger partial charge < -0.3 is 10.2 Å². The molecule has 0 amide bonds. The van der Waals surface area contributed by atoms with E-state index in [1.54, 1.807) is 0 Å². The molecule has 0 saturated carbocycles. The van der Waals surface area contributed by atoms with Crippen molar-refractivity contribution in [2.45, 2.75) is 59.5 Å². The van der Waals surface area contributed by atoms with Crippen molar-refractivity contribution < 1.29 is 0 Å². The molecular weight excluding hydrogens is 222 g/mol. The van der Waals surface area contributed by atoms with Gasteiger partial charge in [0.1, 0.15) is 11.6 Å². The van der Waals surface area contributed by atoms with Crippen LogP contribution in [-0.2, 0) is 0 Å². The van der Waals surface area contributed by atoms with Crippen LogP contribution in [0, 0.1) is 0 Å². The molecule has 0 unspecified atom stereocenters. The molecule has 102 valence electrons. The zero-order valence-corrected chi connectivity index (χ0v) is 12.6. The average molecular weight is 249 g/mol. The van der Waals surface area contributed by atoms with E-state index in [1.165, 1.54) is 0 Å². The fraction of sp³-hybridized carbons (Fsp3) is 0.667. The summed E-state index contributed by atoms with van der Waals surface area (Å²) in [6, 6.07) is 6.66. The van der Waals surface area contributed by atoms with Gasteiger partial charge in [-0.1, -0.05) is 13.0 Å². The average Bonchev–Trinajstić information content (AvgIpc) is 2.23. The van der Waals surface area contributed by atoms with Crippen molar-refractivity contribution in [3.8, 4) is 0 Å². The van der Waals surface area contributed by atoms with Crippen LogP contribution in [0.25, 0.3) is 0 Å². The molecule has 0 radical (unpaired) electrons. The van der Waals surface area contributed by atoms with Crippen molar-refractivity contribution >= 4 is 11.6 Å². The minimum absolute atomic E-state index is 0.0407. The number of hydrogen-bond acceptors (Lipinski definition) is 3. The molecule has 1 heterocycles. The largest absolute Gasteiger partial charge is 0.365 e. The van der Waals surface area contributed by atoms with E-state index < -0.39 is 0 Å². The molecule has 1 N–H and O–H groups in total. The van der Waals surface area contributed by atoms with Crippen molar-refractivity contribution in [3.63, 3.8) is 0 Å². The lowest BCUT2D eigenvalue weighted by atomic mass is 10.1. The van der Waals surface area contributed by atoms with Crippen LogP contribution in [0.15, 0.2) is 18.2 Å². The van der Waals surface area contributed by atoms with Gasteiger partial charge in [0.2, 0.25) is 0 Å². The van der Waals surface area contributed by atoms with Crippen molar-refractivity contribution in [2.75, 3.05) is 16.8 Å². The van der Waals surface area contributed by atoms with Crippen molar-refractivity contribution in [1.29, 1.82) is 0 Å². The summed E-state index contributed by atoms with van der Waals surface area (Å²) >= 11 is 0. The number of aromatic nitrogens is 1. The standard InChI is InChI=1S/C15H27N3/c1-7-11-18(12(2)3)14-10-8-9-13(16-14)17-15(4,5)6/h8-10,12H,7,11H2,1-6H3,(H,16,17). The van der Waals surface area contributed by atoms with E-state index in [0.717, 1.165) is 24.6 Å². The smallest absolute Gasteiger partial charge is 0.131 e. The van der Waals surface area contributed by atoms with Gasteiger partial charge in [-0.2, -0.15) is 0 Å². The summed E-state index contributed by atoms with van der Waals surface area (Å²) < 4.78 is 0. The summed E-state index contributed by atoms with van der Waals surface area (Å²) in [5.74, 6) is 2.00. The molecule has 0 aliphatic rings. The Morgan fingerprint density at radius 3 is 2.44 bits per heavy atom. The Labute approximate surface area is 112 Å². The number of anilines is 2. The van der Waals surface area contributed by atoms with E-state index in [9.17, 15) is 0 Å². The molecule has 3 nitrogen and oxygen atoms in total. The summed E-state index contributed by atoms with van der Waals surface area (Å²) in [5.41, 5.74) is 0.0407. The van der Waals surface area contributed by atoms with E-state index in [1.807, 2.05) is 6.07 Å². The van der Waals surface area contributed by atoms with Crippen molar-refractivity contribution in [2.24, 2.45) is 0 Å². The van der Waals surface area contributed by atoms with Gasteiger partial charge in [0, 0.05) is 18.1 Å². The molecule has 0 spiro atoms. The van der Waals surface area contributed by atoms with Crippen LogP contribution >= 0.6 is 0 Å². The maximum absolute atomic E-state index is 4.71. The summed E-state index contributed by atoms with van der Waals surface area (Å²) in [7, 11) is 0. The Hall–Kier alpha value is -1.25. The van der Waals surface area contributed by atoms with Gasteiger partial charge in [0.05, 0.1) is 0 Å². The molecular formula is C15H27N3. The highest BCUT2D eigenvalue weighted by Crippen LogP contribution is 2.19. The second-order valence-corrected chi connectivity index (χ2v) is 6.04. The molecule has 3 heteroatoms. The lowest BCUT2D eigenvalue weighted by molar-refractivity contribution is 0.627. The van der Waals surface area contributed by atoms with Gasteiger partial charge in [0.15, 0.2) is 0 Å². The second kappa shape index (κ2) is 6.07. The van der Waals surface area contributed by atoms with Gasteiger partial charge in [-0.3, -0.25) is 0 Å². The van der Waals surface area contributed by atoms with E-state index in [4.69, 9.17) is 4.98 Å². The van der Waals surface area contributed by atoms with Crippen LogP contribution in [0.3, 0.4) is 0 Å². The third-order valence-corrected chi connectivity index (χ3v) is 2.62. The number of rotatable bonds is 5. The SMILES string of the molecule is CCCN(c1cccc(NC(C)(C)C)n1)C(C)C. The lowest BCUT2D eigenvalue weighted by Gasteiger charge is -2.28. The van der Waals surface area contributed by atoms with Crippen LogP contribution in [-0.4, -0.2) is 23.1 Å². The molecule has 1 rings (SSSR count). The molecule has 0 aromatic carbocycles. The molecule has 0 aliphatic carbocycles. The quantitative estimate of drug-likeness (QED) is 0.857. The second-order valence-electron chi connectivity index (χ2n) is 6.04. The van der Waals surface area contributed by atoms with Crippen molar-refractivity contribution in [3.05, 3.63) is 18.2 Å². The Balaban J connectivity index is 2.92. The fourth-order valence-corrected chi connectivity index (χ4v) is 1.92. The molecule has 0 atom stereocenters. The van der Waals surface area contributed by atoms with Crippen LogP contribution in [0.5, 0.6) is 0 Å². The topological polar surface area (TPSA) is 28.2 Å². The van der Waals surface area contributed by atoms with Crippen molar-refractivity contribution in [1.82, 2.24) is 4.98 Å². The molecule has 0 saturated heterocycles. The van der Waals surface area contributed by atoms with Crippen LogP contribution in [0.2, 0.25) is 0 Å². The van der Waals surface area contributed by atoms with E-state index in [0.29, 0.717) is 6.04 Å². The summed E-state index contributed by atoms with van der Waals surface area (Å²) in [5, 5.41) is 3.42. The Morgan fingerprint density at radius 1 is 1.28 bits per heavy atom. The minimum atomic E-state index is 0.0407. The number of nitrogens with one attached hydrogen (secondary N) is 1. The highest BCUT2D eigenvalue weighted by Gasteiger charge is 2.13. The zero-order valence-electron chi connectivity index (χ0n) is 12.6. The Bertz CT molecular complexity index is 366. The first kappa shape index (κ1) is 14.8. The highest BCUT2D eigenvalue weighted by atomic mass is 15.2. The number of nitrogens with zero attached hydrogens (tertiary/aromatic N) is 2. The maximum Gasteiger partial charge on any atom is 0.131 e. The number of hydrogen-bond donors (Lipinski definition) is 1. The molecule has 0 bridgehead atoms. The minimum Gasteiger partial charge on any atom is -0.365 e. The fourth-order valence-electron chi connectivity index (χ4n) is 1.92. The summed E-state index contributed by atoms with van der Waals surface area (Å²) in [6.07, 6.45) is 1.14. The van der Waals surface area contributed by atoms with Crippen LogP contribution < -0.4 is 10.2 Å². The van der Waals surface area contributed by atoms with Crippen LogP contribution in [0.4, 0.5) is 11.6 Å². The van der Waals surface area contributed by atoms with E-state index >= 15 is 0 Å². The first-order valence-corrected chi connectivity index (χ1v) is 6.85. The zero-order chi connectivity index (χ0) is 13.8. The Morgan fingerprint density at radius 2 is 1.94 bits per heavy atom. The number of pyridine rings is 1. The Kier molecular flexibility index (Phi) is 5.00. The summed E-state index contributed by atoms with van der Waals surface area (Å²) in [4.78, 5) is 7.05. The van der Waals surface area contributed by atoms with Gasteiger partial charge >= 0.3 is 0 Å². The maximum atomic E-state index is 4.71. The van der Waals surface area contributed by atoms with Crippen LogP contribution in [0.1, 0.15) is 48.0 Å². The van der Waals surface area contributed by atoms with Gasteiger partial charge in [0.25, 0.3) is 0 Å². The third-order valence-electron chi connectivity index (χ3n) is 2.62. The van der Waals surface area contributed by atoms with Gasteiger partial charge in [-0.25, -0.2) is 4.98 Å². The monoisotopic (exact) mass is 249 g/mol. The van der Waals surface area contributed by atoms with Gasteiger partial charge in [-0.15, -0.1) is 0 Å². The predicted octanol–water partition coefficient (Wildman–Crippen LogP) is 3.92. The molecule has 0 fully saturated rings. The third kappa shape index (κ3) is 4.55.